The van der Waals surface area contributed by atoms with Crippen molar-refractivity contribution in [2.75, 3.05) is 4.90 Å². The fourth-order valence-corrected chi connectivity index (χ4v) is 11.4. The molecule has 0 fully saturated rings. The van der Waals surface area contributed by atoms with Crippen LogP contribution in [0.5, 0.6) is 0 Å². The molecule has 2 heteroatoms. The predicted octanol–water partition coefficient (Wildman–Crippen LogP) is 16.8. The van der Waals surface area contributed by atoms with Crippen molar-refractivity contribution >= 4 is 38.9 Å². The van der Waals surface area contributed by atoms with Crippen molar-refractivity contribution in [2.24, 2.45) is 0 Å². The molecule has 0 saturated heterocycles. The summed E-state index contributed by atoms with van der Waals surface area (Å²) in [5.74, 6) is 0. The minimum absolute atomic E-state index is 0.127. The molecule has 308 valence electrons. The summed E-state index contributed by atoms with van der Waals surface area (Å²) in [4.78, 5) is 2.48. The Morgan fingerprint density at radius 1 is 0.359 bits per heavy atom. The third-order valence-corrected chi connectivity index (χ3v) is 14.4. The molecule has 0 amide bonds. The van der Waals surface area contributed by atoms with E-state index in [0.717, 1.165) is 17.1 Å². The van der Waals surface area contributed by atoms with E-state index in [4.69, 9.17) is 0 Å². The molecule has 0 bridgehead atoms. The molecule has 1 heterocycles. The van der Waals surface area contributed by atoms with Gasteiger partial charge in [-0.15, -0.1) is 0 Å². The van der Waals surface area contributed by atoms with Crippen molar-refractivity contribution in [1.82, 2.24) is 4.57 Å². The van der Waals surface area contributed by atoms with Gasteiger partial charge >= 0.3 is 0 Å². The molecule has 0 radical (unpaired) electrons. The number of aromatic nitrogens is 1. The summed E-state index contributed by atoms with van der Waals surface area (Å²) in [7, 11) is 0. The second-order valence-electron chi connectivity index (χ2n) is 19.2. The van der Waals surface area contributed by atoms with Crippen molar-refractivity contribution in [3.63, 3.8) is 0 Å². The number of aryl methyl sites for hydroxylation is 2. The molecule has 0 spiro atoms. The van der Waals surface area contributed by atoms with Crippen LogP contribution in [0, 0.1) is 13.8 Å². The van der Waals surface area contributed by atoms with Crippen molar-refractivity contribution < 1.29 is 0 Å². The Kier molecular flexibility index (Phi) is 8.40. The van der Waals surface area contributed by atoms with E-state index in [1.165, 1.54) is 105 Å². The number of hydrogen-bond acceptors (Lipinski definition) is 1. The highest BCUT2D eigenvalue weighted by atomic mass is 15.1. The lowest BCUT2D eigenvalue weighted by atomic mass is 9.81. The minimum Gasteiger partial charge on any atom is -0.310 e. The quantitative estimate of drug-likeness (QED) is 0.162. The third kappa shape index (κ3) is 5.72. The first-order valence-corrected chi connectivity index (χ1v) is 22.7. The van der Waals surface area contributed by atoms with Crippen LogP contribution in [0.4, 0.5) is 17.1 Å². The number of hydrogen-bond donors (Lipinski definition) is 0. The first kappa shape index (κ1) is 38.3. The lowest BCUT2D eigenvalue weighted by Gasteiger charge is -2.30. The molecule has 64 heavy (non-hydrogen) atoms. The highest BCUT2D eigenvalue weighted by Crippen LogP contribution is 2.53. The Bertz CT molecular complexity index is 3510. The van der Waals surface area contributed by atoms with Crippen LogP contribution in [0.2, 0.25) is 0 Å². The molecule has 0 saturated carbocycles. The zero-order valence-corrected chi connectivity index (χ0v) is 37.4. The summed E-state index contributed by atoms with van der Waals surface area (Å²) in [6.45, 7) is 13.9. The Labute approximate surface area is 376 Å². The van der Waals surface area contributed by atoms with Crippen LogP contribution < -0.4 is 4.90 Å². The van der Waals surface area contributed by atoms with Crippen LogP contribution in [0.1, 0.15) is 61.1 Å². The topological polar surface area (TPSA) is 8.17 Å². The summed E-state index contributed by atoms with van der Waals surface area (Å²) in [5, 5.41) is 2.47. The van der Waals surface area contributed by atoms with Gasteiger partial charge in [0.2, 0.25) is 0 Å². The van der Waals surface area contributed by atoms with E-state index in [2.05, 4.69) is 245 Å². The maximum Gasteiger partial charge on any atom is 0.0542 e. The Morgan fingerprint density at radius 2 is 0.922 bits per heavy atom. The van der Waals surface area contributed by atoms with E-state index in [1.807, 2.05) is 0 Å². The Morgan fingerprint density at radius 3 is 1.72 bits per heavy atom. The average Bonchev–Trinajstić information content (AvgIpc) is 3.85. The molecule has 2 aliphatic carbocycles. The molecule has 2 nitrogen and oxygen atoms in total. The van der Waals surface area contributed by atoms with Gasteiger partial charge in [0.1, 0.15) is 0 Å². The number of nitrogens with zero attached hydrogens (tertiary/aromatic N) is 2. The lowest BCUT2D eigenvalue weighted by molar-refractivity contribution is 0.660. The number of anilines is 3. The maximum absolute atomic E-state index is 2.48. The zero-order chi connectivity index (χ0) is 43.5. The molecule has 0 N–H and O–H groups in total. The molecule has 12 rings (SSSR count). The second kappa shape index (κ2) is 14.0. The number of benzene rings is 9. The summed E-state index contributed by atoms with van der Waals surface area (Å²) < 4.78 is 2.48. The first-order valence-electron chi connectivity index (χ1n) is 22.7. The van der Waals surface area contributed by atoms with Crippen molar-refractivity contribution in [1.29, 1.82) is 0 Å². The fraction of sp³-hybridized carbons (Fsp3) is 0.129. The van der Waals surface area contributed by atoms with Crippen LogP contribution in [-0.4, -0.2) is 4.57 Å². The predicted molar refractivity (Wildman–Crippen MR) is 271 cm³/mol. The van der Waals surface area contributed by atoms with E-state index in [0.29, 0.717) is 0 Å². The Balaban J connectivity index is 1.02. The van der Waals surface area contributed by atoms with Gasteiger partial charge in [-0.25, -0.2) is 0 Å². The molecular weight excluding hydrogens is 773 g/mol. The summed E-state index contributed by atoms with van der Waals surface area (Å²) in [5.41, 5.74) is 25.0. The molecule has 0 unspecified atom stereocenters. The van der Waals surface area contributed by atoms with Gasteiger partial charge in [-0.3, -0.25) is 0 Å². The molecule has 2 aliphatic rings. The van der Waals surface area contributed by atoms with Crippen molar-refractivity contribution in [3.8, 4) is 50.2 Å². The van der Waals surface area contributed by atoms with Crippen LogP contribution in [-0.2, 0) is 10.8 Å². The monoisotopic (exact) mass is 822 g/mol. The van der Waals surface area contributed by atoms with Gasteiger partial charge in [0, 0.05) is 44.2 Å². The smallest absolute Gasteiger partial charge is 0.0542 e. The highest BCUT2D eigenvalue weighted by molar-refractivity contribution is 6.11. The minimum atomic E-state index is -0.167. The normalized spacial score (nSPS) is 14.0. The van der Waals surface area contributed by atoms with Crippen molar-refractivity contribution in [3.05, 3.63) is 228 Å². The largest absolute Gasteiger partial charge is 0.310 e. The van der Waals surface area contributed by atoms with Gasteiger partial charge in [-0.05, 0) is 136 Å². The molecule has 0 atom stereocenters. The zero-order valence-electron chi connectivity index (χ0n) is 37.4. The molecular formula is C62H50N2. The van der Waals surface area contributed by atoms with Gasteiger partial charge in [0.25, 0.3) is 0 Å². The standard InChI is InChI=1S/C62H50N2/c1-39-32-40(2)34-43(33-39)42-24-28-49-51-30-26-46(38-57(51)62(5,6)55(49)35-42)64-59-23-15-12-20-52(59)53-36-44(27-31-60(53)64)63(58-22-14-11-18-47(58)41-16-8-7-9-17-41)45-25-29-50-48-19-10-13-21-54(48)61(3,4)56(50)37-45/h7-38H,1-6H3. The van der Waals surface area contributed by atoms with Crippen LogP contribution in [0.3, 0.4) is 0 Å². The van der Waals surface area contributed by atoms with E-state index in [9.17, 15) is 0 Å². The molecule has 10 aromatic rings. The first-order chi connectivity index (χ1) is 31.1. The summed E-state index contributed by atoms with van der Waals surface area (Å²) in [6, 6.07) is 72.8. The van der Waals surface area contributed by atoms with E-state index in [-0.39, 0.29) is 10.8 Å². The SMILES string of the molecule is Cc1cc(C)cc(-c2ccc3c(c2)C(C)(C)c2cc(-n4c5ccccc5c5cc(N(c6ccc7c(c6)C(C)(C)c6ccccc6-7)c6ccccc6-c6ccccc6)ccc54)ccc2-3)c1. The third-order valence-electron chi connectivity index (χ3n) is 14.4. The average molecular weight is 823 g/mol. The maximum atomic E-state index is 2.48. The van der Waals surface area contributed by atoms with Gasteiger partial charge in [0.15, 0.2) is 0 Å². The summed E-state index contributed by atoms with van der Waals surface area (Å²) in [6.07, 6.45) is 0. The molecule has 0 aliphatic heterocycles. The molecule has 1 aromatic heterocycles. The summed E-state index contributed by atoms with van der Waals surface area (Å²) >= 11 is 0. The number of fused-ring (bicyclic) bond motifs is 9. The van der Waals surface area contributed by atoms with Gasteiger partial charge in [-0.2, -0.15) is 0 Å². The van der Waals surface area contributed by atoms with Crippen LogP contribution >= 0.6 is 0 Å². The Hall–Kier alpha value is -7.42. The van der Waals surface area contributed by atoms with Crippen molar-refractivity contribution in [2.45, 2.75) is 52.4 Å². The number of rotatable bonds is 6. The highest BCUT2D eigenvalue weighted by Gasteiger charge is 2.37. The lowest BCUT2D eigenvalue weighted by Crippen LogP contribution is -2.17. The van der Waals surface area contributed by atoms with Crippen LogP contribution in [0.25, 0.3) is 72.0 Å². The fourth-order valence-electron chi connectivity index (χ4n) is 11.4. The van der Waals surface area contributed by atoms with Gasteiger partial charge < -0.3 is 9.47 Å². The van der Waals surface area contributed by atoms with Gasteiger partial charge in [0.05, 0.1) is 16.7 Å². The second-order valence-corrected chi connectivity index (χ2v) is 19.2. The van der Waals surface area contributed by atoms with E-state index < -0.39 is 0 Å². The van der Waals surface area contributed by atoms with Gasteiger partial charge in [-0.1, -0.05) is 172 Å². The number of para-hydroxylation sites is 2. The molecule has 9 aromatic carbocycles. The van der Waals surface area contributed by atoms with E-state index >= 15 is 0 Å². The van der Waals surface area contributed by atoms with E-state index in [1.54, 1.807) is 0 Å². The van der Waals surface area contributed by atoms with Crippen LogP contribution in [0.15, 0.2) is 194 Å².